The normalized spacial score (nSPS) is 22.2. The predicted octanol–water partition coefficient (Wildman–Crippen LogP) is 2.95. The first-order chi connectivity index (χ1) is 10.7. The molecule has 0 bridgehead atoms. The molecule has 2 N–H and O–H groups in total. The number of carbonyl (C=O) groups is 1. The Morgan fingerprint density at radius 2 is 1.91 bits per heavy atom. The predicted molar refractivity (Wildman–Crippen MR) is 89.6 cm³/mol. The summed E-state index contributed by atoms with van der Waals surface area (Å²) in [5.41, 5.74) is 5.49. The highest BCUT2D eigenvalue weighted by atomic mass is 16.5. The Bertz CT molecular complexity index is 321. The smallest absolute Gasteiger partial charge is 0.225 e. The molecule has 2 rings (SSSR count). The van der Waals surface area contributed by atoms with Gasteiger partial charge in [-0.15, -0.1) is 0 Å². The second-order valence-corrected chi connectivity index (χ2v) is 7.03. The van der Waals surface area contributed by atoms with E-state index in [2.05, 4.69) is 11.8 Å². The molecule has 0 aromatic heterocycles. The molecular weight excluding hydrogens is 276 g/mol. The molecule has 0 aromatic carbocycles. The van der Waals surface area contributed by atoms with Gasteiger partial charge in [-0.2, -0.15) is 0 Å². The Balaban J connectivity index is 1.72. The highest BCUT2D eigenvalue weighted by molar-refractivity contribution is 5.78. The number of amides is 1. The summed E-state index contributed by atoms with van der Waals surface area (Å²) in [5.74, 6) is 1.44. The van der Waals surface area contributed by atoms with Gasteiger partial charge in [0, 0.05) is 25.6 Å². The molecule has 4 nitrogen and oxygen atoms in total. The third-order valence-corrected chi connectivity index (χ3v) is 5.39. The van der Waals surface area contributed by atoms with Gasteiger partial charge in [0.05, 0.1) is 6.10 Å². The highest BCUT2D eigenvalue weighted by Gasteiger charge is 2.29. The average Bonchev–Trinajstić information content (AvgIpc) is 3.06. The molecular formula is C18H34N2O2. The van der Waals surface area contributed by atoms with E-state index in [0.29, 0.717) is 18.6 Å². The van der Waals surface area contributed by atoms with Gasteiger partial charge in [-0.05, 0) is 44.6 Å². The number of hydrogen-bond acceptors (Lipinski definition) is 3. The molecule has 1 amide bonds. The number of ether oxygens (including phenoxy) is 1. The first kappa shape index (κ1) is 17.7. The standard InChI is InChI=1S/C18H34N2O2/c1-2-16(14-15-6-3-4-7-15)18(21)20-11-8-17(9-12-20)22-13-5-10-19/h15-17H,2-14,19H2,1H3. The van der Waals surface area contributed by atoms with E-state index in [0.717, 1.165) is 57.7 Å². The SMILES string of the molecule is CCC(CC1CCCC1)C(=O)N1CCC(OCCCN)CC1. The van der Waals surface area contributed by atoms with Gasteiger partial charge < -0.3 is 15.4 Å². The fraction of sp³-hybridized carbons (Fsp3) is 0.944. The van der Waals surface area contributed by atoms with Crippen LogP contribution in [0.3, 0.4) is 0 Å². The maximum atomic E-state index is 12.8. The largest absolute Gasteiger partial charge is 0.378 e. The van der Waals surface area contributed by atoms with Crippen molar-refractivity contribution in [2.75, 3.05) is 26.2 Å². The summed E-state index contributed by atoms with van der Waals surface area (Å²) < 4.78 is 5.83. The van der Waals surface area contributed by atoms with Crippen LogP contribution in [0.4, 0.5) is 0 Å². The molecule has 1 heterocycles. The second kappa shape index (κ2) is 9.51. The molecule has 0 spiro atoms. The first-order valence-electron chi connectivity index (χ1n) is 9.35. The van der Waals surface area contributed by atoms with Crippen molar-refractivity contribution in [3.8, 4) is 0 Å². The van der Waals surface area contributed by atoms with Crippen LogP contribution in [-0.2, 0) is 9.53 Å². The minimum absolute atomic E-state index is 0.248. The molecule has 1 saturated carbocycles. The molecule has 2 fully saturated rings. The third-order valence-electron chi connectivity index (χ3n) is 5.39. The van der Waals surface area contributed by atoms with Gasteiger partial charge >= 0.3 is 0 Å². The lowest BCUT2D eigenvalue weighted by Crippen LogP contribution is -2.44. The number of carbonyl (C=O) groups excluding carboxylic acids is 1. The minimum atomic E-state index is 0.248. The molecule has 128 valence electrons. The van der Waals surface area contributed by atoms with Crippen molar-refractivity contribution in [1.29, 1.82) is 0 Å². The summed E-state index contributed by atoms with van der Waals surface area (Å²) in [6.45, 7) is 5.35. The monoisotopic (exact) mass is 310 g/mol. The summed E-state index contributed by atoms with van der Waals surface area (Å²) in [6.07, 6.45) is 10.7. The Morgan fingerprint density at radius 1 is 1.23 bits per heavy atom. The topological polar surface area (TPSA) is 55.6 Å². The lowest BCUT2D eigenvalue weighted by atomic mass is 9.90. The second-order valence-electron chi connectivity index (χ2n) is 7.03. The van der Waals surface area contributed by atoms with Crippen LogP contribution < -0.4 is 5.73 Å². The Labute approximate surface area is 135 Å². The molecule has 1 unspecified atom stereocenters. The van der Waals surface area contributed by atoms with Crippen LogP contribution in [-0.4, -0.2) is 43.2 Å². The summed E-state index contributed by atoms with van der Waals surface area (Å²) in [7, 11) is 0. The van der Waals surface area contributed by atoms with E-state index >= 15 is 0 Å². The van der Waals surface area contributed by atoms with Crippen LogP contribution in [0.1, 0.15) is 64.7 Å². The zero-order chi connectivity index (χ0) is 15.8. The lowest BCUT2D eigenvalue weighted by molar-refractivity contribution is -0.139. The molecule has 2 aliphatic rings. The number of nitrogens with two attached hydrogens (primary N) is 1. The van der Waals surface area contributed by atoms with Crippen LogP contribution >= 0.6 is 0 Å². The van der Waals surface area contributed by atoms with E-state index in [9.17, 15) is 4.79 Å². The van der Waals surface area contributed by atoms with Crippen LogP contribution in [0.5, 0.6) is 0 Å². The van der Waals surface area contributed by atoms with Gasteiger partial charge in [0.2, 0.25) is 5.91 Å². The maximum absolute atomic E-state index is 12.8. The van der Waals surface area contributed by atoms with E-state index < -0.39 is 0 Å². The van der Waals surface area contributed by atoms with Crippen LogP contribution in [0, 0.1) is 11.8 Å². The van der Waals surface area contributed by atoms with Crippen molar-refractivity contribution in [2.45, 2.75) is 70.8 Å². The van der Waals surface area contributed by atoms with Gasteiger partial charge in [-0.1, -0.05) is 32.6 Å². The van der Waals surface area contributed by atoms with Crippen LogP contribution in [0.25, 0.3) is 0 Å². The number of hydrogen-bond donors (Lipinski definition) is 1. The van der Waals surface area contributed by atoms with Crippen LogP contribution in [0.15, 0.2) is 0 Å². The van der Waals surface area contributed by atoms with E-state index in [4.69, 9.17) is 10.5 Å². The zero-order valence-electron chi connectivity index (χ0n) is 14.3. The molecule has 1 saturated heterocycles. The summed E-state index contributed by atoms with van der Waals surface area (Å²) in [6, 6.07) is 0. The van der Waals surface area contributed by atoms with Crippen molar-refractivity contribution in [3.05, 3.63) is 0 Å². The molecule has 1 atom stereocenters. The molecule has 0 radical (unpaired) electrons. The van der Waals surface area contributed by atoms with Gasteiger partial charge in [0.25, 0.3) is 0 Å². The van der Waals surface area contributed by atoms with Crippen molar-refractivity contribution in [2.24, 2.45) is 17.6 Å². The van der Waals surface area contributed by atoms with Crippen molar-refractivity contribution < 1.29 is 9.53 Å². The average molecular weight is 310 g/mol. The Hall–Kier alpha value is -0.610. The van der Waals surface area contributed by atoms with Gasteiger partial charge in [-0.25, -0.2) is 0 Å². The zero-order valence-corrected chi connectivity index (χ0v) is 14.3. The summed E-state index contributed by atoms with van der Waals surface area (Å²) >= 11 is 0. The quantitative estimate of drug-likeness (QED) is 0.701. The molecule has 22 heavy (non-hydrogen) atoms. The molecule has 0 aromatic rings. The maximum Gasteiger partial charge on any atom is 0.225 e. The van der Waals surface area contributed by atoms with E-state index in [-0.39, 0.29) is 5.92 Å². The van der Waals surface area contributed by atoms with Crippen molar-refractivity contribution >= 4 is 5.91 Å². The number of rotatable bonds is 8. The molecule has 1 aliphatic carbocycles. The van der Waals surface area contributed by atoms with Crippen molar-refractivity contribution in [3.63, 3.8) is 0 Å². The number of nitrogens with zero attached hydrogens (tertiary/aromatic N) is 1. The summed E-state index contributed by atoms with van der Waals surface area (Å²) in [4.78, 5) is 14.8. The number of piperidine rings is 1. The van der Waals surface area contributed by atoms with Crippen LogP contribution in [0.2, 0.25) is 0 Å². The molecule has 1 aliphatic heterocycles. The van der Waals surface area contributed by atoms with E-state index in [1.807, 2.05) is 0 Å². The van der Waals surface area contributed by atoms with E-state index in [1.54, 1.807) is 0 Å². The number of likely N-dealkylation sites (tertiary alicyclic amines) is 1. The lowest BCUT2D eigenvalue weighted by Gasteiger charge is -2.34. The fourth-order valence-electron chi connectivity index (χ4n) is 3.92. The third kappa shape index (κ3) is 5.24. The van der Waals surface area contributed by atoms with Gasteiger partial charge in [0.15, 0.2) is 0 Å². The fourth-order valence-corrected chi connectivity index (χ4v) is 3.92. The molecule has 4 heteroatoms. The first-order valence-corrected chi connectivity index (χ1v) is 9.35. The highest BCUT2D eigenvalue weighted by Crippen LogP contribution is 2.32. The van der Waals surface area contributed by atoms with E-state index in [1.165, 1.54) is 25.7 Å². The minimum Gasteiger partial charge on any atom is -0.378 e. The van der Waals surface area contributed by atoms with Gasteiger partial charge in [-0.3, -0.25) is 4.79 Å². The van der Waals surface area contributed by atoms with Crippen molar-refractivity contribution in [1.82, 2.24) is 4.90 Å². The summed E-state index contributed by atoms with van der Waals surface area (Å²) in [5, 5.41) is 0. The Morgan fingerprint density at radius 3 is 2.50 bits per heavy atom. The Kier molecular flexibility index (Phi) is 7.67. The van der Waals surface area contributed by atoms with Gasteiger partial charge in [0.1, 0.15) is 0 Å².